The first-order valence-corrected chi connectivity index (χ1v) is 8.34. The normalized spacial score (nSPS) is 10.4. The van der Waals surface area contributed by atoms with Crippen molar-refractivity contribution in [3.05, 3.63) is 28.5 Å². The fraction of sp³-hybridized carbons (Fsp3) is 0.375. The fourth-order valence-corrected chi connectivity index (χ4v) is 2.29. The first-order valence-electron chi connectivity index (χ1n) is 7.96. The zero-order valence-corrected chi connectivity index (χ0v) is 15.2. The molecule has 0 spiro atoms. The molecule has 2 aromatic rings. The first kappa shape index (κ1) is 19.5. The monoisotopic (exact) mass is 381 g/mol. The molecular weight excluding hydrogens is 362 g/mol. The van der Waals surface area contributed by atoms with Gasteiger partial charge in [0.1, 0.15) is 0 Å². The summed E-state index contributed by atoms with van der Waals surface area (Å²) in [5.74, 6) is 0.166. The van der Waals surface area contributed by atoms with Gasteiger partial charge in [-0.25, -0.2) is 4.79 Å². The van der Waals surface area contributed by atoms with E-state index in [4.69, 9.17) is 37.3 Å². The van der Waals surface area contributed by atoms with E-state index in [0.717, 1.165) is 6.42 Å². The highest BCUT2D eigenvalue weighted by Crippen LogP contribution is 2.37. The van der Waals surface area contributed by atoms with Crippen molar-refractivity contribution in [1.29, 1.82) is 0 Å². The minimum Gasteiger partial charge on any atom is -0.490 e. The quantitative estimate of drug-likeness (QED) is 0.659. The number of ether oxygens (including phenoxy) is 3. The summed E-state index contributed by atoms with van der Waals surface area (Å²) in [5, 5.41) is 0.255. The molecule has 1 heterocycles. The molecule has 0 aliphatic rings. The molecule has 0 aliphatic heterocycles. The van der Waals surface area contributed by atoms with E-state index >= 15 is 0 Å². The SMILES string of the molecule is CCCOc1c(Cl)cc(C(=O)OCc2nc(N)nc(N)n2)cc1OCC. The van der Waals surface area contributed by atoms with Crippen LogP contribution in [0.5, 0.6) is 11.5 Å². The van der Waals surface area contributed by atoms with Crippen LogP contribution in [0.4, 0.5) is 11.9 Å². The van der Waals surface area contributed by atoms with Gasteiger partial charge >= 0.3 is 5.97 Å². The van der Waals surface area contributed by atoms with Gasteiger partial charge in [0.15, 0.2) is 23.9 Å². The second kappa shape index (κ2) is 9.04. The smallest absolute Gasteiger partial charge is 0.338 e. The minimum atomic E-state index is -0.632. The van der Waals surface area contributed by atoms with E-state index < -0.39 is 5.97 Å². The number of anilines is 2. The van der Waals surface area contributed by atoms with Crippen molar-refractivity contribution in [2.24, 2.45) is 0 Å². The Morgan fingerprint density at radius 1 is 1.12 bits per heavy atom. The van der Waals surface area contributed by atoms with Crippen molar-refractivity contribution in [3.63, 3.8) is 0 Å². The van der Waals surface area contributed by atoms with Gasteiger partial charge < -0.3 is 25.7 Å². The van der Waals surface area contributed by atoms with Gasteiger partial charge in [-0.05, 0) is 25.5 Å². The molecule has 0 fully saturated rings. The third-order valence-electron chi connectivity index (χ3n) is 3.04. The van der Waals surface area contributed by atoms with E-state index in [1.807, 2.05) is 13.8 Å². The molecule has 0 unspecified atom stereocenters. The van der Waals surface area contributed by atoms with Gasteiger partial charge in [0.2, 0.25) is 11.9 Å². The summed E-state index contributed by atoms with van der Waals surface area (Å²) in [5.41, 5.74) is 11.2. The van der Waals surface area contributed by atoms with Gasteiger partial charge in [-0.2, -0.15) is 15.0 Å². The lowest BCUT2D eigenvalue weighted by Gasteiger charge is -2.14. The molecule has 0 amide bonds. The fourth-order valence-electron chi connectivity index (χ4n) is 2.03. The lowest BCUT2D eigenvalue weighted by atomic mass is 10.2. The van der Waals surface area contributed by atoms with Gasteiger partial charge in [0.25, 0.3) is 0 Å². The Bertz CT molecular complexity index is 767. The number of rotatable bonds is 8. The summed E-state index contributed by atoms with van der Waals surface area (Å²) in [6, 6.07) is 2.96. The highest BCUT2D eigenvalue weighted by atomic mass is 35.5. The molecule has 0 atom stereocenters. The molecule has 0 bridgehead atoms. The second-order valence-corrected chi connectivity index (χ2v) is 5.52. The van der Waals surface area contributed by atoms with E-state index in [2.05, 4.69) is 15.0 Å². The van der Waals surface area contributed by atoms with E-state index in [9.17, 15) is 4.79 Å². The van der Waals surface area contributed by atoms with Gasteiger partial charge in [0.05, 0.1) is 23.8 Å². The molecule has 140 valence electrons. The number of esters is 1. The number of carbonyl (C=O) groups excluding carboxylic acids is 1. The highest BCUT2D eigenvalue weighted by molar-refractivity contribution is 6.32. The number of nitrogens with two attached hydrogens (primary N) is 2. The zero-order chi connectivity index (χ0) is 19.1. The number of benzene rings is 1. The molecule has 0 saturated heterocycles. The van der Waals surface area contributed by atoms with E-state index in [1.165, 1.54) is 12.1 Å². The lowest BCUT2D eigenvalue weighted by molar-refractivity contribution is 0.0461. The van der Waals surface area contributed by atoms with Crippen LogP contribution in [-0.4, -0.2) is 34.1 Å². The van der Waals surface area contributed by atoms with Crippen molar-refractivity contribution >= 4 is 29.5 Å². The lowest BCUT2D eigenvalue weighted by Crippen LogP contribution is -2.11. The predicted octanol–water partition coefficient (Wildman–Crippen LogP) is 2.23. The molecule has 1 aromatic heterocycles. The number of aromatic nitrogens is 3. The second-order valence-electron chi connectivity index (χ2n) is 5.11. The summed E-state index contributed by atoms with van der Waals surface area (Å²) < 4.78 is 16.3. The summed E-state index contributed by atoms with van der Waals surface area (Å²) >= 11 is 6.23. The number of nitrogens with zero attached hydrogens (tertiary/aromatic N) is 3. The Labute approximate surface area is 155 Å². The van der Waals surface area contributed by atoms with Crippen LogP contribution in [-0.2, 0) is 11.3 Å². The maximum absolute atomic E-state index is 12.3. The first-order chi connectivity index (χ1) is 12.4. The summed E-state index contributed by atoms with van der Waals surface area (Å²) in [6.45, 7) is 4.44. The molecule has 0 aliphatic carbocycles. The average molecular weight is 382 g/mol. The van der Waals surface area contributed by atoms with Crippen LogP contribution >= 0.6 is 11.6 Å². The van der Waals surface area contributed by atoms with Crippen LogP contribution in [0.25, 0.3) is 0 Å². The molecule has 4 N–H and O–H groups in total. The molecule has 9 nitrogen and oxygen atoms in total. The van der Waals surface area contributed by atoms with Crippen molar-refractivity contribution in [1.82, 2.24) is 15.0 Å². The Hall–Kier alpha value is -2.81. The minimum absolute atomic E-state index is 0.0531. The number of halogens is 1. The number of hydrogen-bond acceptors (Lipinski definition) is 9. The van der Waals surface area contributed by atoms with Crippen LogP contribution in [0, 0.1) is 0 Å². The van der Waals surface area contributed by atoms with E-state index in [0.29, 0.717) is 24.7 Å². The van der Waals surface area contributed by atoms with Gasteiger partial charge in [-0.3, -0.25) is 0 Å². The maximum atomic E-state index is 12.3. The van der Waals surface area contributed by atoms with Crippen molar-refractivity contribution < 1.29 is 19.0 Å². The van der Waals surface area contributed by atoms with Crippen LogP contribution in [0.15, 0.2) is 12.1 Å². The predicted molar refractivity (Wildman–Crippen MR) is 96.2 cm³/mol. The third-order valence-corrected chi connectivity index (χ3v) is 3.33. The average Bonchev–Trinajstić information content (AvgIpc) is 2.58. The molecule has 0 saturated carbocycles. The topological polar surface area (TPSA) is 135 Å². The molecular formula is C16H20ClN5O4. The molecule has 1 aromatic carbocycles. The highest BCUT2D eigenvalue weighted by Gasteiger charge is 2.18. The van der Waals surface area contributed by atoms with Crippen LogP contribution in [0.2, 0.25) is 5.02 Å². The third kappa shape index (κ3) is 5.09. The summed E-state index contributed by atoms with van der Waals surface area (Å²) in [4.78, 5) is 23.6. The standard InChI is InChI=1S/C16H20ClN5O4/c1-3-5-25-13-10(17)6-9(7-11(13)24-4-2)14(23)26-8-12-20-15(18)22-16(19)21-12/h6-7H,3-5,8H2,1-2H3,(H4,18,19,20,21,22). The maximum Gasteiger partial charge on any atom is 0.338 e. The number of hydrogen-bond donors (Lipinski definition) is 2. The van der Waals surface area contributed by atoms with Crippen molar-refractivity contribution in [2.75, 3.05) is 24.7 Å². The van der Waals surface area contributed by atoms with Gasteiger partial charge in [-0.1, -0.05) is 18.5 Å². The zero-order valence-electron chi connectivity index (χ0n) is 14.5. The molecule has 10 heteroatoms. The summed E-state index contributed by atoms with van der Waals surface area (Å²) in [7, 11) is 0. The van der Waals surface area contributed by atoms with Crippen LogP contribution < -0.4 is 20.9 Å². The Morgan fingerprint density at radius 2 is 1.81 bits per heavy atom. The largest absolute Gasteiger partial charge is 0.490 e. The summed E-state index contributed by atoms with van der Waals surface area (Å²) in [6.07, 6.45) is 0.809. The molecule has 0 radical (unpaired) electrons. The van der Waals surface area contributed by atoms with Crippen LogP contribution in [0.1, 0.15) is 36.5 Å². The Kier molecular flexibility index (Phi) is 6.79. The molecule has 2 rings (SSSR count). The van der Waals surface area contributed by atoms with E-state index in [1.54, 1.807) is 0 Å². The Balaban J connectivity index is 2.17. The van der Waals surface area contributed by atoms with Gasteiger partial charge in [-0.15, -0.1) is 0 Å². The van der Waals surface area contributed by atoms with Crippen LogP contribution in [0.3, 0.4) is 0 Å². The number of nitrogen functional groups attached to an aromatic ring is 2. The molecule has 26 heavy (non-hydrogen) atoms. The van der Waals surface area contributed by atoms with E-state index in [-0.39, 0.29) is 34.9 Å². The van der Waals surface area contributed by atoms with Gasteiger partial charge in [0, 0.05) is 0 Å². The van der Waals surface area contributed by atoms with Crippen molar-refractivity contribution in [2.45, 2.75) is 26.9 Å². The number of carbonyl (C=O) groups is 1. The Morgan fingerprint density at radius 3 is 2.42 bits per heavy atom. The van der Waals surface area contributed by atoms with Crippen molar-refractivity contribution in [3.8, 4) is 11.5 Å².